The third-order valence-corrected chi connectivity index (χ3v) is 7.60. The number of ketones is 1. The summed E-state index contributed by atoms with van der Waals surface area (Å²) in [5, 5.41) is 8.78. The van der Waals surface area contributed by atoms with Gasteiger partial charge in [0.15, 0.2) is 0 Å². The minimum Gasteiger partial charge on any atom is -0.461 e. The molecule has 1 aromatic carbocycles. The molecule has 1 aliphatic rings. The molecular weight excluding hydrogens is 652 g/mol. The van der Waals surface area contributed by atoms with E-state index in [0.29, 0.717) is 18.4 Å². The molecule has 0 aromatic heterocycles. The predicted octanol–water partition coefficient (Wildman–Crippen LogP) is 8.59. The summed E-state index contributed by atoms with van der Waals surface area (Å²) >= 11 is 0. The van der Waals surface area contributed by atoms with E-state index in [1.807, 2.05) is 27.0 Å². The van der Waals surface area contributed by atoms with E-state index in [0.717, 1.165) is 51.4 Å². The molecule has 0 heterocycles. The van der Waals surface area contributed by atoms with Crippen molar-refractivity contribution >= 4 is 29.6 Å². The zero-order valence-corrected chi connectivity index (χ0v) is 35.0. The highest BCUT2D eigenvalue weighted by Gasteiger charge is 2.27. The Morgan fingerprint density at radius 3 is 2.06 bits per heavy atom. The van der Waals surface area contributed by atoms with Gasteiger partial charge in [0, 0.05) is 12.5 Å². The van der Waals surface area contributed by atoms with Gasteiger partial charge in [0.05, 0.1) is 6.10 Å². The van der Waals surface area contributed by atoms with Crippen molar-refractivity contribution in [3.05, 3.63) is 53.2 Å². The van der Waals surface area contributed by atoms with Gasteiger partial charge in [0.1, 0.15) is 17.9 Å². The maximum atomic E-state index is 12.8. The molecule has 1 saturated carbocycles. The minimum atomic E-state index is -0.820. The lowest BCUT2D eigenvalue weighted by molar-refractivity contribution is -0.152. The number of esters is 1. The van der Waals surface area contributed by atoms with Gasteiger partial charge in [-0.1, -0.05) is 90.8 Å². The second-order valence-corrected chi connectivity index (χ2v) is 15.1. The largest absolute Gasteiger partial charge is 0.461 e. The zero-order valence-electron chi connectivity index (χ0n) is 35.0. The molecule has 52 heavy (non-hydrogen) atoms. The van der Waals surface area contributed by atoms with Gasteiger partial charge >= 0.3 is 5.97 Å². The lowest BCUT2D eigenvalue weighted by Crippen LogP contribution is -2.50. The van der Waals surface area contributed by atoms with Crippen LogP contribution in [0, 0.1) is 5.41 Å². The summed E-state index contributed by atoms with van der Waals surface area (Å²) in [4.78, 5) is 46.9. The number of rotatable bonds is 20. The number of nitrogens with one attached hydrogen (secondary N) is 3. The van der Waals surface area contributed by atoms with Crippen LogP contribution >= 0.6 is 0 Å². The van der Waals surface area contributed by atoms with Crippen molar-refractivity contribution < 1.29 is 23.9 Å². The SMILES string of the molecule is C/C=C(/CC(C)NC=O)c1ccccc1CCC.CC.CC(=O)CCC(NC(=O)[C@H](CCCCN)NC=C1CCC1)C(=O)OC(C)C.CC(C)(C)C. The number of hydrogen-bond acceptors (Lipinski definition) is 7. The number of allylic oxidation sites excluding steroid dienone is 2. The predicted molar refractivity (Wildman–Crippen MR) is 219 cm³/mol. The van der Waals surface area contributed by atoms with Crippen molar-refractivity contribution in [2.75, 3.05) is 6.54 Å². The van der Waals surface area contributed by atoms with Crippen molar-refractivity contribution in [2.24, 2.45) is 11.1 Å². The Hall–Kier alpha value is -3.46. The molecule has 0 spiro atoms. The quantitative estimate of drug-likeness (QED) is 0.0599. The molecule has 0 radical (unpaired) electrons. The van der Waals surface area contributed by atoms with Gasteiger partial charge in [-0.2, -0.15) is 0 Å². The second kappa shape index (κ2) is 30.0. The molecule has 1 aliphatic carbocycles. The first-order valence-corrected chi connectivity index (χ1v) is 19.6. The lowest BCUT2D eigenvalue weighted by atomic mass is 9.93. The molecule has 298 valence electrons. The van der Waals surface area contributed by atoms with Crippen LogP contribution in [0.25, 0.3) is 5.57 Å². The first-order chi connectivity index (χ1) is 24.6. The Labute approximate surface area is 317 Å². The third-order valence-electron chi connectivity index (χ3n) is 7.60. The van der Waals surface area contributed by atoms with E-state index in [1.165, 1.54) is 35.6 Å². The van der Waals surface area contributed by atoms with Crippen molar-refractivity contribution in [1.29, 1.82) is 0 Å². The molecule has 0 bridgehead atoms. The van der Waals surface area contributed by atoms with Crippen LogP contribution in [0.2, 0.25) is 0 Å². The fourth-order valence-electron chi connectivity index (χ4n) is 4.92. The van der Waals surface area contributed by atoms with Crippen LogP contribution in [0.1, 0.15) is 158 Å². The van der Waals surface area contributed by atoms with Gasteiger partial charge < -0.3 is 31.2 Å². The smallest absolute Gasteiger partial charge is 0.328 e. The molecule has 1 fully saturated rings. The maximum absolute atomic E-state index is 12.8. The topological polar surface area (TPSA) is 140 Å². The van der Waals surface area contributed by atoms with Crippen LogP contribution in [0.5, 0.6) is 0 Å². The van der Waals surface area contributed by atoms with Gasteiger partial charge in [-0.05, 0) is 127 Å². The second-order valence-electron chi connectivity index (χ2n) is 15.1. The van der Waals surface area contributed by atoms with E-state index in [4.69, 9.17) is 10.5 Å². The van der Waals surface area contributed by atoms with Gasteiger partial charge in [-0.15, -0.1) is 0 Å². The monoisotopic (exact) mass is 729 g/mol. The van der Waals surface area contributed by atoms with Gasteiger partial charge in [-0.25, -0.2) is 4.79 Å². The van der Waals surface area contributed by atoms with Gasteiger partial charge in [-0.3, -0.25) is 9.59 Å². The Morgan fingerprint density at radius 1 is 0.962 bits per heavy atom. The fourth-order valence-corrected chi connectivity index (χ4v) is 4.92. The summed E-state index contributed by atoms with van der Waals surface area (Å²) in [5.41, 5.74) is 11.4. The highest BCUT2D eigenvalue weighted by molar-refractivity contribution is 5.88. The van der Waals surface area contributed by atoms with E-state index in [-0.39, 0.29) is 36.7 Å². The van der Waals surface area contributed by atoms with Crippen molar-refractivity contribution in [3.63, 3.8) is 0 Å². The Balaban J connectivity index is 0. The van der Waals surface area contributed by atoms with Crippen LogP contribution in [0.4, 0.5) is 0 Å². The average Bonchev–Trinajstić information content (AvgIpc) is 3.04. The van der Waals surface area contributed by atoms with E-state index in [2.05, 4.69) is 87.8 Å². The van der Waals surface area contributed by atoms with Crippen LogP contribution in [0.3, 0.4) is 0 Å². The lowest BCUT2D eigenvalue weighted by Gasteiger charge is -2.24. The molecule has 9 nitrogen and oxygen atoms in total. The number of nitrogens with two attached hydrogens (primary N) is 1. The van der Waals surface area contributed by atoms with Crippen LogP contribution in [-0.2, 0) is 30.3 Å². The van der Waals surface area contributed by atoms with E-state index >= 15 is 0 Å². The summed E-state index contributed by atoms with van der Waals surface area (Å²) in [5.74, 6) is -0.783. The molecule has 1 aromatic rings. The number of carbonyl (C=O) groups excluding carboxylic acids is 4. The molecule has 5 N–H and O–H groups in total. The summed E-state index contributed by atoms with van der Waals surface area (Å²) in [6, 6.07) is 7.46. The molecule has 0 aliphatic heterocycles. The molecule has 2 amide bonds. The average molecular weight is 729 g/mol. The molecule has 3 atom stereocenters. The van der Waals surface area contributed by atoms with E-state index in [9.17, 15) is 19.2 Å². The number of aryl methyl sites for hydroxylation is 1. The van der Waals surface area contributed by atoms with Gasteiger partial charge in [0.25, 0.3) is 0 Å². The van der Waals surface area contributed by atoms with Crippen molar-refractivity contribution in [2.45, 2.75) is 178 Å². The molecule has 9 heteroatoms. The molecule has 2 rings (SSSR count). The highest BCUT2D eigenvalue weighted by atomic mass is 16.5. The Kier molecular flexibility index (Phi) is 29.3. The number of Topliss-reactive ketones (excluding diaryl/α,β-unsaturated/α-hetero) is 1. The normalized spacial score (nSPS) is 13.9. The highest BCUT2D eigenvalue weighted by Crippen LogP contribution is 2.25. The standard InChI is InChI=1S/C20H35N3O4.C16H23NO.C5H12.C2H6/c1-14(2)27-20(26)18(11-10-15(3)24)23-19(25)17(9-4-5-12-21)22-13-16-7-6-8-16;1-4-8-15-9-6-7-10-16(15)14(5-2)11-13(3)17-12-18;1-5(2,3)4;1-2/h13-14,17-18,22H,4-12,21H2,1-3H3,(H,23,25);5-7,9-10,12-13H,4,8,11H2,1-3H3,(H,17,18);1-4H3;1-2H3/b;14-5-;;/t17-,18?;;;/m0.../s1. The van der Waals surface area contributed by atoms with Crippen LogP contribution < -0.4 is 21.7 Å². The van der Waals surface area contributed by atoms with Crippen molar-refractivity contribution in [3.8, 4) is 0 Å². The number of ether oxygens (including phenoxy) is 1. The first-order valence-electron chi connectivity index (χ1n) is 19.6. The van der Waals surface area contributed by atoms with Crippen LogP contribution in [-0.4, -0.2) is 54.8 Å². The number of benzene rings is 1. The minimum absolute atomic E-state index is 0.0288. The summed E-state index contributed by atoms with van der Waals surface area (Å²) in [6.45, 7) is 24.6. The van der Waals surface area contributed by atoms with Gasteiger partial charge in [0.2, 0.25) is 12.3 Å². The number of carbonyl (C=O) groups is 4. The van der Waals surface area contributed by atoms with E-state index < -0.39 is 18.1 Å². The fraction of sp³-hybridized carbons (Fsp3) is 0.674. The third kappa shape index (κ3) is 26.3. The van der Waals surface area contributed by atoms with Crippen LogP contribution in [0.15, 0.2) is 42.1 Å². The first kappa shape index (κ1) is 50.6. The van der Waals surface area contributed by atoms with Crippen molar-refractivity contribution in [1.82, 2.24) is 16.0 Å². The number of hydrogen-bond donors (Lipinski definition) is 4. The summed E-state index contributed by atoms with van der Waals surface area (Å²) in [6.07, 6.45) is 13.7. The zero-order chi connectivity index (χ0) is 40.1. The Bertz CT molecular complexity index is 1190. The summed E-state index contributed by atoms with van der Waals surface area (Å²) < 4.78 is 5.23. The van der Waals surface area contributed by atoms with E-state index in [1.54, 1.807) is 13.8 Å². The maximum Gasteiger partial charge on any atom is 0.328 e. The number of amides is 2. The number of unbranched alkanes of at least 4 members (excludes halogenated alkanes) is 1. The summed E-state index contributed by atoms with van der Waals surface area (Å²) in [7, 11) is 0. The Morgan fingerprint density at radius 2 is 1.58 bits per heavy atom. The molecular formula is C43H76N4O5. The molecule has 0 saturated heterocycles. The molecule has 2 unspecified atom stereocenters.